The summed E-state index contributed by atoms with van der Waals surface area (Å²) in [5.41, 5.74) is 9.96. The first kappa shape index (κ1) is 31.6. The Morgan fingerprint density at radius 1 is 0.190 bits per heavy atom. The molecule has 0 heteroatoms. The van der Waals surface area contributed by atoms with E-state index in [0.717, 1.165) is 0 Å². The highest BCUT2D eigenvalue weighted by Gasteiger charge is 2.21. The van der Waals surface area contributed by atoms with Gasteiger partial charge in [-0.2, -0.15) is 0 Å². The smallest absolute Gasteiger partial charge is 0.00206 e. The molecule has 0 amide bonds. The molecular formula is C58H34. The van der Waals surface area contributed by atoms with E-state index in [-0.39, 0.29) is 0 Å². The summed E-state index contributed by atoms with van der Waals surface area (Å²) < 4.78 is 0. The van der Waals surface area contributed by atoms with Crippen LogP contribution < -0.4 is 0 Å². The molecular weight excluding hydrogens is 697 g/mol. The molecule has 0 aliphatic rings. The van der Waals surface area contributed by atoms with E-state index in [4.69, 9.17) is 0 Å². The van der Waals surface area contributed by atoms with Crippen LogP contribution in [0, 0.1) is 0 Å². The zero-order chi connectivity index (χ0) is 37.9. The van der Waals surface area contributed by atoms with Crippen molar-refractivity contribution >= 4 is 86.2 Å². The monoisotopic (exact) mass is 730 g/mol. The maximum Gasteiger partial charge on any atom is -0.00206 e. The van der Waals surface area contributed by atoms with Crippen LogP contribution in [0.1, 0.15) is 0 Å². The first-order chi connectivity index (χ1) is 28.8. The molecule has 0 N–H and O–H groups in total. The van der Waals surface area contributed by atoms with E-state index >= 15 is 0 Å². The number of hydrogen-bond donors (Lipinski definition) is 0. The lowest BCUT2D eigenvalue weighted by molar-refractivity contribution is 1.64. The summed E-state index contributed by atoms with van der Waals surface area (Å²) in [4.78, 5) is 0. The summed E-state index contributed by atoms with van der Waals surface area (Å²) in [6.07, 6.45) is 0. The summed E-state index contributed by atoms with van der Waals surface area (Å²) in [7, 11) is 0. The van der Waals surface area contributed by atoms with Gasteiger partial charge in [-0.15, -0.1) is 0 Å². The van der Waals surface area contributed by atoms with Crippen molar-refractivity contribution in [3.63, 3.8) is 0 Å². The number of fused-ring (bicyclic) bond motifs is 2. The first-order valence-corrected chi connectivity index (χ1v) is 20.2. The summed E-state index contributed by atoms with van der Waals surface area (Å²) in [5, 5.41) is 20.7. The summed E-state index contributed by atoms with van der Waals surface area (Å²) in [5.74, 6) is 0. The fourth-order valence-electron chi connectivity index (χ4n) is 10.4. The van der Waals surface area contributed by atoms with Gasteiger partial charge in [0.25, 0.3) is 0 Å². The van der Waals surface area contributed by atoms with Crippen molar-refractivity contribution in [3.8, 4) is 44.5 Å². The molecule has 0 aromatic heterocycles. The Morgan fingerprint density at radius 3 is 0.966 bits per heavy atom. The predicted molar refractivity (Wildman–Crippen MR) is 251 cm³/mol. The van der Waals surface area contributed by atoms with Crippen molar-refractivity contribution in [3.05, 3.63) is 206 Å². The molecule has 0 spiro atoms. The highest BCUT2D eigenvalue weighted by molar-refractivity contribution is 6.28. The Balaban J connectivity index is 1.14. The molecule has 58 heavy (non-hydrogen) atoms. The molecule has 0 bridgehead atoms. The zero-order valence-corrected chi connectivity index (χ0v) is 31.6. The number of hydrogen-bond acceptors (Lipinski definition) is 0. The normalized spacial score (nSPS) is 12.1. The Bertz CT molecular complexity index is 3520. The topological polar surface area (TPSA) is 0 Å². The number of rotatable bonds is 4. The van der Waals surface area contributed by atoms with Gasteiger partial charge in [0.05, 0.1) is 0 Å². The molecule has 0 saturated carbocycles. The van der Waals surface area contributed by atoms with Crippen LogP contribution in [0.25, 0.3) is 131 Å². The summed E-state index contributed by atoms with van der Waals surface area (Å²) in [6, 6.07) is 77.3. The fourth-order valence-corrected chi connectivity index (χ4v) is 10.4. The van der Waals surface area contributed by atoms with Gasteiger partial charge < -0.3 is 0 Å². The Labute approximate surface area is 335 Å². The van der Waals surface area contributed by atoms with Crippen LogP contribution >= 0.6 is 0 Å². The molecule has 13 rings (SSSR count). The highest BCUT2D eigenvalue weighted by Crippen LogP contribution is 2.48. The summed E-state index contributed by atoms with van der Waals surface area (Å²) in [6.45, 7) is 0. The van der Waals surface area contributed by atoms with Crippen LogP contribution in [0.3, 0.4) is 0 Å². The van der Waals surface area contributed by atoms with Gasteiger partial charge in [0.15, 0.2) is 0 Å². The second-order valence-electron chi connectivity index (χ2n) is 15.9. The van der Waals surface area contributed by atoms with E-state index in [9.17, 15) is 0 Å². The van der Waals surface area contributed by atoms with E-state index in [1.807, 2.05) is 0 Å². The van der Waals surface area contributed by atoms with Gasteiger partial charge in [-0.1, -0.05) is 194 Å². The maximum atomic E-state index is 2.47. The minimum absolute atomic E-state index is 1.22. The Hall–Kier alpha value is -7.54. The predicted octanol–water partition coefficient (Wildman–Crippen LogP) is 16.5. The standard InChI is InChI=1S/C58H34/c1-3-9-35(10-4-1)55-49-31-25-43(45-27-21-41-19-17-37-13-7-15-39-23-29-47(45)57(41)53(37)39)33-51(49)56(36-11-5-2-6-12-36)52-34-44(26-32-50(52)55)46-28-22-42-20-18-38-14-8-16-40-24-30-48(46)58(42)54(38)40/h1-34H. The molecule has 13 aromatic carbocycles. The molecule has 0 aliphatic carbocycles. The van der Waals surface area contributed by atoms with Gasteiger partial charge in [-0.25, -0.2) is 0 Å². The van der Waals surface area contributed by atoms with Gasteiger partial charge in [0.1, 0.15) is 0 Å². The van der Waals surface area contributed by atoms with Crippen molar-refractivity contribution in [1.29, 1.82) is 0 Å². The lowest BCUT2D eigenvalue weighted by Crippen LogP contribution is -1.93. The fraction of sp³-hybridized carbons (Fsp3) is 0. The van der Waals surface area contributed by atoms with Crippen molar-refractivity contribution in [1.82, 2.24) is 0 Å². The van der Waals surface area contributed by atoms with Crippen LogP contribution in [-0.4, -0.2) is 0 Å². The summed E-state index contributed by atoms with van der Waals surface area (Å²) >= 11 is 0. The van der Waals surface area contributed by atoms with Crippen molar-refractivity contribution in [2.75, 3.05) is 0 Å². The molecule has 0 nitrogen and oxygen atoms in total. The van der Waals surface area contributed by atoms with Crippen LogP contribution in [0.15, 0.2) is 206 Å². The zero-order valence-electron chi connectivity index (χ0n) is 31.6. The average molecular weight is 731 g/mol. The van der Waals surface area contributed by atoms with Crippen LogP contribution in [0.2, 0.25) is 0 Å². The molecule has 0 heterocycles. The highest BCUT2D eigenvalue weighted by atomic mass is 14.2. The van der Waals surface area contributed by atoms with Crippen LogP contribution in [0.4, 0.5) is 0 Å². The minimum Gasteiger partial charge on any atom is -0.0622 e. The van der Waals surface area contributed by atoms with Gasteiger partial charge >= 0.3 is 0 Å². The Morgan fingerprint density at radius 2 is 0.534 bits per heavy atom. The van der Waals surface area contributed by atoms with E-state index in [0.29, 0.717) is 0 Å². The maximum absolute atomic E-state index is 2.47. The van der Waals surface area contributed by atoms with Gasteiger partial charge in [0, 0.05) is 0 Å². The van der Waals surface area contributed by atoms with Gasteiger partial charge in [-0.3, -0.25) is 0 Å². The van der Waals surface area contributed by atoms with E-state index in [2.05, 4.69) is 206 Å². The van der Waals surface area contributed by atoms with Gasteiger partial charge in [0.2, 0.25) is 0 Å². The minimum atomic E-state index is 1.22. The molecule has 0 unspecified atom stereocenters. The molecule has 13 aromatic rings. The van der Waals surface area contributed by atoms with Gasteiger partial charge in [-0.05, 0) is 143 Å². The van der Waals surface area contributed by atoms with E-state index in [1.54, 1.807) is 0 Å². The van der Waals surface area contributed by atoms with E-state index < -0.39 is 0 Å². The molecule has 0 aliphatic heterocycles. The first-order valence-electron chi connectivity index (χ1n) is 20.2. The quantitative estimate of drug-likeness (QED) is 0.125. The SMILES string of the molecule is c1ccc(-c2c3ccc(-c4ccc5ccc6cccc7ccc4c5c67)cc3c(-c3ccccc3)c3cc(-c4ccc5ccc6cccc7ccc4c5c67)ccc23)cc1. The van der Waals surface area contributed by atoms with Crippen LogP contribution in [0.5, 0.6) is 0 Å². The lowest BCUT2D eigenvalue weighted by atomic mass is 9.83. The average Bonchev–Trinajstić information content (AvgIpc) is 3.29. The van der Waals surface area contributed by atoms with Crippen molar-refractivity contribution in [2.45, 2.75) is 0 Å². The lowest BCUT2D eigenvalue weighted by Gasteiger charge is -2.20. The third-order valence-corrected chi connectivity index (χ3v) is 12.9. The third-order valence-electron chi connectivity index (χ3n) is 12.9. The second kappa shape index (κ2) is 12.0. The van der Waals surface area contributed by atoms with Crippen molar-refractivity contribution < 1.29 is 0 Å². The molecule has 0 saturated heterocycles. The van der Waals surface area contributed by atoms with E-state index in [1.165, 1.54) is 131 Å². The molecule has 0 atom stereocenters. The third kappa shape index (κ3) is 4.46. The second-order valence-corrected chi connectivity index (χ2v) is 15.9. The number of benzene rings is 13. The molecule has 0 radical (unpaired) electrons. The van der Waals surface area contributed by atoms with Crippen molar-refractivity contribution in [2.24, 2.45) is 0 Å². The molecule has 0 fully saturated rings. The largest absolute Gasteiger partial charge is 0.0622 e. The van der Waals surface area contributed by atoms with Crippen LogP contribution in [-0.2, 0) is 0 Å². The Kier molecular flexibility index (Phi) is 6.54. The molecule has 266 valence electrons.